The number of aryl methyl sites for hydroxylation is 3. The first kappa shape index (κ1) is 19.0. The highest BCUT2D eigenvalue weighted by atomic mass is 32.2. The van der Waals surface area contributed by atoms with Crippen LogP contribution in [0.2, 0.25) is 0 Å². The number of anilines is 1. The Hall–Kier alpha value is -2.32. The van der Waals surface area contributed by atoms with Gasteiger partial charge in [-0.2, -0.15) is 4.31 Å². The van der Waals surface area contributed by atoms with E-state index in [-0.39, 0.29) is 23.6 Å². The van der Waals surface area contributed by atoms with Crippen LogP contribution in [0.1, 0.15) is 35.5 Å². The SMILES string of the molecule is Cc1cc(S(=O)(=O)N2CCC(N3C(=O)OCc4cccc(C)c43)CC2)c(C)o1. The minimum Gasteiger partial charge on any atom is -0.465 e. The van der Waals surface area contributed by atoms with Crippen LogP contribution in [0.25, 0.3) is 0 Å². The third-order valence-corrected chi connectivity index (χ3v) is 7.52. The number of rotatable bonds is 3. The highest BCUT2D eigenvalue weighted by Gasteiger charge is 2.38. The lowest BCUT2D eigenvalue weighted by Crippen LogP contribution is -2.50. The van der Waals surface area contributed by atoms with Gasteiger partial charge in [0, 0.05) is 24.7 Å². The number of sulfonamides is 1. The molecule has 0 saturated carbocycles. The lowest BCUT2D eigenvalue weighted by molar-refractivity contribution is 0.135. The summed E-state index contributed by atoms with van der Waals surface area (Å²) >= 11 is 0. The molecule has 0 radical (unpaired) electrons. The Bertz CT molecular complexity index is 1020. The van der Waals surface area contributed by atoms with Gasteiger partial charge in [0.05, 0.1) is 5.69 Å². The quantitative estimate of drug-likeness (QED) is 0.782. The van der Waals surface area contributed by atoms with E-state index < -0.39 is 10.0 Å². The van der Waals surface area contributed by atoms with E-state index in [0.29, 0.717) is 37.5 Å². The first-order valence-corrected chi connectivity index (χ1v) is 10.8. The lowest BCUT2D eigenvalue weighted by atomic mass is 10.00. The van der Waals surface area contributed by atoms with Gasteiger partial charge in [0.1, 0.15) is 23.0 Å². The zero-order chi connectivity index (χ0) is 20.1. The molecule has 0 atom stereocenters. The number of carbonyl (C=O) groups is 1. The molecule has 2 aliphatic heterocycles. The van der Waals surface area contributed by atoms with Gasteiger partial charge in [0.2, 0.25) is 10.0 Å². The largest absolute Gasteiger partial charge is 0.465 e. The van der Waals surface area contributed by atoms with Gasteiger partial charge in [-0.15, -0.1) is 0 Å². The number of benzene rings is 1. The van der Waals surface area contributed by atoms with Gasteiger partial charge in [-0.1, -0.05) is 18.2 Å². The highest BCUT2D eigenvalue weighted by Crippen LogP contribution is 2.35. The Morgan fingerprint density at radius 2 is 1.82 bits per heavy atom. The van der Waals surface area contributed by atoms with Crippen LogP contribution in [0.15, 0.2) is 33.6 Å². The van der Waals surface area contributed by atoms with Gasteiger partial charge >= 0.3 is 6.09 Å². The molecule has 0 unspecified atom stereocenters. The molecule has 0 N–H and O–H groups in total. The number of hydrogen-bond acceptors (Lipinski definition) is 5. The van der Waals surface area contributed by atoms with E-state index in [4.69, 9.17) is 9.15 Å². The number of nitrogens with zero attached hydrogens (tertiary/aromatic N) is 2. The van der Waals surface area contributed by atoms with Crippen LogP contribution in [-0.4, -0.2) is 37.9 Å². The second-order valence-corrected chi connectivity index (χ2v) is 9.33. The molecule has 1 saturated heterocycles. The van der Waals surface area contributed by atoms with Crippen LogP contribution in [0.4, 0.5) is 10.5 Å². The molecule has 8 heteroatoms. The molecule has 28 heavy (non-hydrogen) atoms. The van der Waals surface area contributed by atoms with E-state index in [1.807, 2.05) is 25.1 Å². The molecule has 2 aromatic rings. The minimum atomic E-state index is -3.60. The Morgan fingerprint density at radius 3 is 2.46 bits per heavy atom. The predicted octanol–water partition coefficient (Wildman–Crippen LogP) is 3.51. The Kier molecular flexibility index (Phi) is 4.71. The standard InChI is InChI=1S/C20H24N2O5S/c1-13-5-4-6-16-12-26-20(23)22(19(13)16)17-7-9-21(10-8-17)28(24,25)18-11-14(2)27-15(18)3/h4-6,11,17H,7-10,12H2,1-3H3. The summed E-state index contributed by atoms with van der Waals surface area (Å²) in [7, 11) is -3.60. The van der Waals surface area contributed by atoms with Crippen molar-refractivity contribution in [2.45, 2.75) is 51.2 Å². The average molecular weight is 404 g/mol. The number of piperidine rings is 1. The smallest absolute Gasteiger partial charge is 0.414 e. The molecule has 150 valence electrons. The van der Waals surface area contributed by atoms with E-state index in [1.54, 1.807) is 24.8 Å². The topological polar surface area (TPSA) is 80.1 Å². The maximum atomic E-state index is 13.0. The molecular formula is C20H24N2O5S. The molecule has 0 aliphatic carbocycles. The minimum absolute atomic E-state index is 0.0914. The van der Waals surface area contributed by atoms with Crippen molar-refractivity contribution in [3.8, 4) is 0 Å². The molecule has 0 spiro atoms. The molecular weight excluding hydrogens is 380 g/mol. The van der Waals surface area contributed by atoms with E-state index in [1.165, 1.54) is 4.31 Å². The van der Waals surface area contributed by atoms with Crippen LogP contribution in [-0.2, 0) is 21.4 Å². The number of hydrogen-bond donors (Lipinski definition) is 0. The molecule has 1 amide bonds. The van der Waals surface area contributed by atoms with Gasteiger partial charge in [0.25, 0.3) is 0 Å². The zero-order valence-corrected chi connectivity index (χ0v) is 17.1. The fraction of sp³-hybridized carbons (Fsp3) is 0.450. The van der Waals surface area contributed by atoms with Gasteiger partial charge in [0.15, 0.2) is 0 Å². The average Bonchev–Trinajstić information content (AvgIpc) is 3.01. The zero-order valence-electron chi connectivity index (χ0n) is 16.3. The third kappa shape index (κ3) is 3.10. The van der Waals surface area contributed by atoms with Crippen molar-refractivity contribution >= 4 is 21.8 Å². The summed E-state index contributed by atoms with van der Waals surface area (Å²) < 4.78 is 38.2. The van der Waals surface area contributed by atoms with E-state index in [0.717, 1.165) is 16.8 Å². The van der Waals surface area contributed by atoms with E-state index >= 15 is 0 Å². The van der Waals surface area contributed by atoms with Gasteiger partial charge in [-0.05, 0) is 45.2 Å². The summed E-state index contributed by atoms with van der Waals surface area (Å²) in [5.41, 5.74) is 2.91. The van der Waals surface area contributed by atoms with E-state index in [2.05, 4.69) is 0 Å². The van der Waals surface area contributed by atoms with Gasteiger partial charge in [-0.25, -0.2) is 13.2 Å². The second-order valence-electron chi connectivity index (χ2n) is 7.42. The van der Waals surface area contributed by atoms with Crippen molar-refractivity contribution in [3.05, 3.63) is 46.9 Å². The number of furan rings is 1. The molecule has 1 fully saturated rings. The van der Waals surface area contributed by atoms with Crippen molar-refractivity contribution in [2.24, 2.45) is 0 Å². The lowest BCUT2D eigenvalue weighted by Gasteiger charge is -2.40. The monoisotopic (exact) mass is 404 g/mol. The van der Waals surface area contributed by atoms with Crippen molar-refractivity contribution in [1.29, 1.82) is 0 Å². The fourth-order valence-corrected chi connectivity index (χ4v) is 5.85. The summed E-state index contributed by atoms with van der Waals surface area (Å²) in [5, 5.41) is 0. The normalized spacial score (nSPS) is 18.8. The van der Waals surface area contributed by atoms with Crippen molar-refractivity contribution < 1.29 is 22.4 Å². The van der Waals surface area contributed by atoms with Crippen LogP contribution < -0.4 is 4.90 Å². The number of ether oxygens (including phenoxy) is 1. The Morgan fingerprint density at radius 1 is 1.11 bits per heavy atom. The predicted molar refractivity (Wildman–Crippen MR) is 104 cm³/mol. The third-order valence-electron chi connectivity index (χ3n) is 5.51. The van der Waals surface area contributed by atoms with Crippen LogP contribution in [0, 0.1) is 20.8 Å². The number of carbonyl (C=O) groups excluding carboxylic acids is 1. The number of fused-ring (bicyclic) bond motifs is 1. The molecule has 3 heterocycles. The summed E-state index contributed by atoms with van der Waals surface area (Å²) in [6.07, 6.45) is 0.750. The maximum absolute atomic E-state index is 13.0. The molecule has 0 bridgehead atoms. The summed E-state index contributed by atoms with van der Waals surface area (Å²) in [4.78, 5) is 14.5. The summed E-state index contributed by atoms with van der Waals surface area (Å²) in [6, 6.07) is 7.37. The summed E-state index contributed by atoms with van der Waals surface area (Å²) in [6.45, 7) is 6.35. The molecule has 7 nitrogen and oxygen atoms in total. The van der Waals surface area contributed by atoms with Gasteiger partial charge in [-0.3, -0.25) is 4.90 Å². The molecule has 1 aromatic heterocycles. The number of amides is 1. The molecule has 4 rings (SSSR count). The Labute approximate surface area is 164 Å². The maximum Gasteiger partial charge on any atom is 0.414 e. The van der Waals surface area contributed by atoms with Crippen molar-refractivity contribution in [2.75, 3.05) is 18.0 Å². The Balaban J connectivity index is 1.55. The molecule has 2 aliphatic rings. The first-order valence-electron chi connectivity index (χ1n) is 9.40. The van der Waals surface area contributed by atoms with Crippen molar-refractivity contribution in [3.63, 3.8) is 0 Å². The van der Waals surface area contributed by atoms with Crippen LogP contribution >= 0.6 is 0 Å². The number of cyclic esters (lactones) is 1. The second kappa shape index (κ2) is 6.93. The van der Waals surface area contributed by atoms with Gasteiger partial charge < -0.3 is 9.15 Å². The fourth-order valence-electron chi connectivity index (χ4n) is 4.16. The van der Waals surface area contributed by atoms with Crippen LogP contribution in [0.5, 0.6) is 0 Å². The summed E-state index contributed by atoms with van der Waals surface area (Å²) in [5.74, 6) is 0.984. The van der Waals surface area contributed by atoms with E-state index in [9.17, 15) is 13.2 Å². The number of para-hydroxylation sites is 1. The molecule has 1 aromatic carbocycles. The highest BCUT2D eigenvalue weighted by molar-refractivity contribution is 7.89. The van der Waals surface area contributed by atoms with Crippen LogP contribution in [0.3, 0.4) is 0 Å². The first-order chi connectivity index (χ1) is 13.3. The van der Waals surface area contributed by atoms with Crippen molar-refractivity contribution in [1.82, 2.24) is 4.31 Å².